The van der Waals surface area contributed by atoms with Crippen molar-refractivity contribution in [3.05, 3.63) is 54.1 Å². The zero-order valence-electron chi connectivity index (χ0n) is 17.2. The van der Waals surface area contributed by atoms with Gasteiger partial charge in [0.25, 0.3) is 0 Å². The quantitative estimate of drug-likeness (QED) is 0.729. The summed E-state index contributed by atoms with van der Waals surface area (Å²) in [7, 11) is 1.72. The molecule has 0 spiro atoms. The van der Waals surface area contributed by atoms with Gasteiger partial charge in [0.05, 0.1) is 39.0 Å². The summed E-state index contributed by atoms with van der Waals surface area (Å²) in [5.74, 6) is 2.21. The molecule has 1 aliphatic heterocycles. The van der Waals surface area contributed by atoms with E-state index in [2.05, 4.69) is 30.9 Å². The molecular weight excluding hydrogens is 352 g/mol. The van der Waals surface area contributed by atoms with Gasteiger partial charge in [-0.15, -0.1) is 0 Å². The maximum Gasteiger partial charge on any atom is 0.142 e. The molecule has 1 aliphatic rings. The summed E-state index contributed by atoms with van der Waals surface area (Å²) in [5, 5.41) is 10.5. The van der Waals surface area contributed by atoms with E-state index < -0.39 is 6.10 Å². The third kappa shape index (κ3) is 5.18. The Balaban J connectivity index is 1.47. The van der Waals surface area contributed by atoms with E-state index in [1.54, 1.807) is 7.11 Å². The topological polar surface area (TPSA) is 46.4 Å². The number of quaternary nitrogens is 1. The molecule has 0 amide bonds. The van der Waals surface area contributed by atoms with Crippen LogP contribution in [-0.4, -0.2) is 57.7 Å². The molecule has 2 aromatic carbocycles. The molecule has 28 heavy (non-hydrogen) atoms. The molecule has 152 valence electrons. The molecule has 1 heterocycles. The van der Waals surface area contributed by atoms with Gasteiger partial charge in [0.1, 0.15) is 30.8 Å². The van der Waals surface area contributed by atoms with Crippen molar-refractivity contribution >= 4 is 5.69 Å². The van der Waals surface area contributed by atoms with Crippen molar-refractivity contribution in [3.63, 3.8) is 0 Å². The van der Waals surface area contributed by atoms with Gasteiger partial charge >= 0.3 is 0 Å². The molecule has 5 heteroatoms. The number of hydrogen-bond acceptors (Lipinski definition) is 4. The Morgan fingerprint density at radius 2 is 1.64 bits per heavy atom. The highest BCUT2D eigenvalue weighted by Crippen LogP contribution is 2.27. The van der Waals surface area contributed by atoms with Crippen LogP contribution < -0.4 is 19.3 Å². The fourth-order valence-electron chi connectivity index (χ4n) is 3.83. The van der Waals surface area contributed by atoms with Gasteiger partial charge in [0, 0.05) is 0 Å². The molecule has 0 saturated carbocycles. The van der Waals surface area contributed by atoms with Crippen LogP contribution in [0, 0.1) is 0 Å². The number of nitrogens with zero attached hydrogens (tertiary/aromatic N) is 1. The van der Waals surface area contributed by atoms with E-state index in [0.29, 0.717) is 19.1 Å². The van der Waals surface area contributed by atoms with Crippen LogP contribution >= 0.6 is 0 Å². The van der Waals surface area contributed by atoms with Gasteiger partial charge in [-0.25, -0.2) is 0 Å². The summed E-state index contributed by atoms with van der Waals surface area (Å²) in [4.78, 5) is 3.78. The molecule has 0 radical (unpaired) electrons. The second kappa shape index (κ2) is 9.80. The number of rotatable bonds is 8. The number of aliphatic hydroxyl groups excluding tert-OH is 1. The first kappa shape index (κ1) is 20.5. The number of ether oxygens (including phenoxy) is 2. The van der Waals surface area contributed by atoms with E-state index in [-0.39, 0.29) is 0 Å². The number of anilines is 1. The third-order valence-corrected chi connectivity index (χ3v) is 5.39. The summed E-state index contributed by atoms with van der Waals surface area (Å²) in [6, 6.07) is 16.3. The van der Waals surface area contributed by atoms with Crippen LogP contribution in [0.3, 0.4) is 0 Å². The lowest BCUT2D eigenvalue weighted by Gasteiger charge is -2.35. The molecule has 1 fully saturated rings. The summed E-state index contributed by atoms with van der Waals surface area (Å²) < 4.78 is 11.4. The summed E-state index contributed by atoms with van der Waals surface area (Å²) in [6.07, 6.45) is -0.465. The largest absolute Gasteiger partial charge is 0.495 e. The van der Waals surface area contributed by atoms with Crippen molar-refractivity contribution in [3.8, 4) is 11.5 Å². The zero-order chi connectivity index (χ0) is 19.9. The second-order valence-corrected chi connectivity index (χ2v) is 7.77. The van der Waals surface area contributed by atoms with E-state index in [4.69, 9.17) is 9.47 Å². The zero-order valence-corrected chi connectivity index (χ0v) is 17.2. The second-order valence-electron chi connectivity index (χ2n) is 7.77. The van der Waals surface area contributed by atoms with Crippen molar-refractivity contribution < 1.29 is 19.5 Å². The molecule has 2 aromatic rings. The summed E-state index contributed by atoms with van der Waals surface area (Å²) in [5.41, 5.74) is 2.34. The molecule has 0 aromatic heterocycles. The Bertz CT molecular complexity index is 742. The maximum absolute atomic E-state index is 10.5. The molecule has 0 aliphatic carbocycles. The van der Waals surface area contributed by atoms with Gasteiger partial charge in [0.2, 0.25) is 0 Å². The van der Waals surface area contributed by atoms with Crippen molar-refractivity contribution in [2.45, 2.75) is 25.9 Å². The number of aliphatic hydroxyl groups is 1. The van der Waals surface area contributed by atoms with Crippen LogP contribution in [0.25, 0.3) is 0 Å². The van der Waals surface area contributed by atoms with Crippen LogP contribution in [0.15, 0.2) is 48.5 Å². The van der Waals surface area contributed by atoms with Crippen LogP contribution in [0.4, 0.5) is 5.69 Å². The molecule has 1 atom stereocenters. The van der Waals surface area contributed by atoms with Crippen molar-refractivity contribution in [1.82, 2.24) is 0 Å². The first-order valence-corrected chi connectivity index (χ1v) is 10.2. The Kier molecular flexibility index (Phi) is 7.18. The predicted molar refractivity (Wildman–Crippen MR) is 113 cm³/mol. The lowest BCUT2D eigenvalue weighted by Crippen LogP contribution is -3.16. The molecule has 3 rings (SSSR count). The first-order valence-electron chi connectivity index (χ1n) is 10.2. The van der Waals surface area contributed by atoms with Crippen LogP contribution in [0.2, 0.25) is 0 Å². The standard InChI is InChI=1S/C23H32N2O3/c1-18(2)20-8-4-6-10-22(20)28-17-19(26)16-24-12-14-25(15-13-24)21-9-5-7-11-23(21)27-3/h4-11,18-19,26H,12-17H2,1-3H3/p+1/t19-/m0/s1. The highest BCUT2D eigenvalue weighted by atomic mass is 16.5. The van der Waals surface area contributed by atoms with Crippen molar-refractivity contribution in [2.75, 3.05) is 51.3 Å². The van der Waals surface area contributed by atoms with E-state index in [1.165, 1.54) is 10.5 Å². The predicted octanol–water partition coefficient (Wildman–Crippen LogP) is 1.96. The number of benzene rings is 2. The first-order chi connectivity index (χ1) is 13.6. The number of piperazine rings is 1. The Hall–Kier alpha value is -2.24. The van der Waals surface area contributed by atoms with Crippen LogP contribution in [0.1, 0.15) is 25.3 Å². The minimum Gasteiger partial charge on any atom is -0.495 e. The fourth-order valence-corrected chi connectivity index (χ4v) is 3.83. The average Bonchev–Trinajstić information content (AvgIpc) is 2.73. The van der Waals surface area contributed by atoms with Gasteiger partial charge in [-0.1, -0.05) is 44.2 Å². The van der Waals surface area contributed by atoms with Crippen molar-refractivity contribution in [2.24, 2.45) is 0 Å². The van der Waals surface area contributed by atoms with Crippen LogP contribution in [0.5, 0.6) is 11.5 Å². The Morgan fingerprint density at radius 1 is 1.00 bits per heavy atom. The smallest absolute Gasteiger partial charge is 0.142 e. The highest BCUT2D eigenvalue weighted by Gasteiger charge is 2.24. The average molecular weight is 386 g/mol. The monoisotopic (exact) mass is 385 g/mol. The molecule has 1 saturated heterocycles. The normalized spacial score (nSPS) is 16.2. The lowest BCUT2D eigenvalue weighted by molar-refractivity contribution is -0.903. The SMILES string of the molecule is COc1ccccc1N1CC[NH+](C[C@H](O)COc2ccccc2C(C)C)CC1. The van der Waals surface area contributed by atoms with E-state index in [1.807, 2.05) is 36.4 Å². The lowest BCUT2D eigenvalue weighted by atomic mass is 10.0. The van der Waals surface area contributed by atoms with Gasteiger partial charge in [-0.2, -0.15) is 0 Å². The maximum atomic E-state index is 10.5. The Morgan fingerprint density at radius 3 is 2.32 bits per heavy atom. The van der Waals surface area contributed by atoms with Crippen LogP contribution in [-0.2, 0) is 0 Å². The molecule has 0 bridgehead atoms. The Labute approximate surface area is 168 Å². The number of para-hydroxylation sites is 3. The van der Waals surface area contributed by atoms with E-state index >= 15 is 0 Å². The highest BCUT2D eigenvalue weighted by molar-refractivity contribution is 5.58. The minimum atomic E-state index is -0.465. The molecule has 0 unspecified atom stereocenters. The molecule has 2 N–H and O–H groups in total. The summed E-state index contributed by atoms with van der Waals surface area (Å²) >= 11 is 0. The van der Waals surface area contributed by atoms with Gasteiger partial charge in [-0.05, 0) is 29.7 Å². The number of methoxy groups -OCH3 is 1. The van der Waals surface area contributed by atoms with Gasteiger partial charge < -0.3 is 24.4 Å². The minimum absolute atomic E-state index is 0.337. The van der Waals surface area contributed by atoms with E-state index in [9.17, 15) is 5.11 Å². The molecular formula is C23H33N2O3+. The van der Waals surface area contributed by atoms with Crippen molar-refractivity contribution in [1.29, 1.82) is 0 Å². The van der Waals surface area contributed by atoms with Gasteiger partial charge in [-0.3, -0.25) is 0 Å². The third-order valence-electron chi connectivity index (χ3n) is 5.39. The number of hydrogen-bond donors (Lipinski definition) is 2. The van der Waals surface area contributed by atoms with Gasteiger partial charge in [0.15, 0.2) is 0 Å². The van der Waals surface area contributed by atoms with E-state index in [0.717, 1.165) is 43.4 Å². The number of nitrogens with one attached hydrogen (secondary N) is 1. The molecule has 5 nitrogen and oxygen atoms in total. The summed E-state index contributed by atoms with van der Waals surface area (Å²) in [6.45, 7) is 9.27. The fraction of sp³-hybridized carbons (Fsp3) is 0.478.